The third-order valence-electron chi connectivity index (χ3n) is 2.89. The Kier molecular flexibility index (Phi) is 3.54. The standard InChI is InChI=1S/C13H12F4N2O/c1-7(2)10(20)9-6-19(12(14)13(15,16)17)11-8(9)4-3-5-18-11/h3-7,12H,1-2H3/t12-/m1/s1. The van der Waals surface area contributed by atoms with E-state index in [9.17, 15) is 22.4 Å². The lowest BCUT2D eigenvalue weighted by Gasteiger charge is -2.14. The fourth-order valence-electron chi connectivity index (χ4n) is 1.92. The monoisotopic (exact) mass is 288 g/mol. The summed E-state index contributed by atoms with van der Waals surface area (Å²) in [6.07, 6.45) is -6.14. The number of nitrogens with zero attached hydrogens (tertiary/aromatic N) is 2. The first-order valence-corrected chi connectivity index (χ1v) is 5.94. The number of halogens is 4. The molecule has 0 N–H and O–H groups in total. The van der Waals surface area contributed by atoms with Crippen LogP contribution in [0.2, 0.25) is 0 Å². The highest BCUT2D eigenvalue weighted by Crippen LogP contribution is 2.35. The molecule has 2 aromatic heterocycles. The van der Waals surface area contributed by atoms with Crippen LogP contribution in [0.5, 0.6) is 0 Å². The van der Waals surface area contributed by atoms with Crippen molar-refractivity contribution in [1.82, 2.24) is 9.55 Å². The number of carbonyl (C=O) groups excluding carboxylic acids is 1. The molecule has 0 fully saturated rings. The Morgan fingerprint density at radius 1 is 1.35 bits per heavy atom. The molecule has 0 saturated carbocycles. The summed E-state index contributed by atoms with van der Waals surface area (Å²) in [5, 5.41) is 0.220. The van der Waals surface area contributed by atoms with Gasteiger partial charge in [-0.1, -0.05) is 13.8 Å². The van der Waals surface area contributed by atoms with Crippen LogP contribution in [0.3, 0.4) is 0 Å². The molecule has 0 spiro atoms. The Labute approximate surface area is 112 Å². The van der Waals surface area contributed by atoms with Gasteiger partial charge in [0.25, 0.3) is 6.30 Å². The van der Waals surface area contributed by atoms with E-state index >= 15 is 0 Å². The molecule has 0 bridgehead atoms. The average Bonchev–Trinajstić information content (AvgIpc) is 2.75. The summed E-state index contributed by atoms with van der Waals surface area (Å²) in [6, 6.07) is 2.95. The van der Waals surface area contributed by atoms with Gasteiger partial charge in [-0.3, -0.25) is 9.36 Å². The van der Waals surface area contributed by atoms with Crippen molar-refractivity contribution in [2.45, 2.75) is 26.3 Å². The van der Waals surface area contributed by atoms with Gasteiger partial charge in [-0.15, -0.1) is 0 Å². The lowest BCUT2D eigenvalue weighted by Crippen LogP contribution is -2.22. The minimum Gasteiger partial charge on any atom is -0.294 e. The minimum atomic E-state index is -5.05. The number of aromatic nitrogens is 2. The SMILES string of the molecule is CC(C)C(=O)c1cn([C@@H](F)C(F)(F)F)c2ncccc12. The molecule has 0 aliphatic carbocycles. The van der Waals surface area contributed by atoms with Gasteiger partial charge in [0.1, 0.15) is 5.65 Å². The molecular formula is C13H12F4N2O. The maximum absolute atomic E-state index is 13.5. The van der Waals surface area contributed by atoms with E-state index in [1.165, 1.54) is 18.3 Å². The summed E-state index contributed by atoms with van der Waals surface area (Å²) < 4.78 is 51.5. The lowest BCUT2D eigenvalue weighted by molar-refractivity contribution is -0.203. The van der Waals surface area contributed by atoms with Crippen LogP contribution in [0.1, 0.15) is 30.5 Å². The summed E-state index contributed by atoms with van der Waals surface area (Å²) in [5.74, 6) is -0.755. The van der Waals surface area contributed by atoms with Crippen LogP contribution in [0, 0.1) is 5.92 Å². The molecule has 1 atom stereocenters. The quantitative estimate of drug-likeness (QED) is 0.634. The Morgan fingerprint density at radius 3 is 2.55 bits per heavy atom. The van der Waals surface area contributed by atoms with E-state index in [4.69, 9.17) is 0 Å². The van der Waals surface area contributed by atoms with Gasteiger partial charge in [0.2, 0.25) is 0 Å². The van der Waals surface area contributed by atoms with Crippen molar-refractivity contribution >= 4 is 16.8 Å². The van der Waals surface area contributed by atoms with E-state index in [1.807, 2.05) is 0 Å². The van der Waals surface area contributed by atoms with Crippen LogP contribution < -0.4 is 0 Å². The van der Waals surface area contributed by atoms with Gasteiger partial charge in [-0.25, -0.2) is 9.37 Å². The first-order chi connectivity index (χ1) is 9.23. The van der Waals surface area contributed by atoms with Crippen molar-refractivity contribution in [3.05, 3.63) is 30.1 Å². The molecule has 0 saturated heterocycles. The summed E-state index contributed by atoms with van der Waals surface area (Å²) in [5.41, 5.74) is -0.142. The van der Waals surface area contributed by atoms with Crippen molar-refractivity contribution in [3.63, 3.8) is 0 Å². The third-order valence-corrected chi connectivity index (χ3v) is 2.89. The van der Waals surface area contributed by atoms with Gasteiger partial charge in [0, 0.05) is 29.3 Å². The van der Waals surface area contributed by atoms with E-state index in [0.29, 0.717) is 4.57 Å². The van der Waals surface area contributed by atoms with Crippen LogP contribution in [-0.4, -0.2) is 21.5 Å². The van der Waals surface area contributed by atoms with E-state index < -0.39 is 18.4 Å². The van der Waals surface area contributed by atoms with Gasteiger partial charge in [0.15, 0.2) is 5.78 Å². The smallest absolute Gasteiger partial charge is 0.294 e. The average molecular weight is 288 g/mol. The zero-order valence-corrected chi connectivity index (χ0v) is 10.8. The predicted molar refractivity (Wildman–Crippen MR) is 65.1 cm³/mol. The molecule has 0 aromatic carbocycles. The second kappa shape index (κ2) is 4.88. The highest BCUT2D eigenvalue weighted by Gasteiger charge is 2.43. The first kappa shape index (κ1) is 14.5. The van der Waals surface area contributed by atoms with Gasteiger partial charge in [-0.2, -0.15) is 13.2 Å². The van der Waals surface area contributed by atoms with E-state index in [0.717, 1.165) is 6.20 Å². The van der Waals surface area contributed by atoms with Crippen LogP contribution >= 0.6 is 0 Å². The zero-order valence-electron chi connectivity index (χ0n) is 10.8. The maximum atomic E-state index is 13.5. The predicted octanol–water partition coefficient (Wildman–Crippen LogP) is 3.91. The number of carbonyl (C=O) groups is 1. The summed E-state index contributed by atoms with van der Waals surface area (Å²) in [6.45, 7) is 3.25. The van der Waals surface area contributed by atoms with Crippen molar-refractivity contribution in [1.29, 1.82) is 0 Å². The van der Waals surface area contributed by atoms with E-state index in [1.54, 1.807) is 13.8 Å². The molecule has 2 aromatic rings. The van der Waals surface area contributed by atoms with Crippen LogP contribution in [0.25, 0.3) is 11.0 Å². The largest absolute Gasteiger partial charge is 0.439 e. The number of ketones is 1. The van der Waals surface area contributed by atoms with Gasteiger partial charge in [-0.05, 0) is 12.1 Å². The van der Waals surface area contributed by atoms with Gasteiger partial charge >= 0.3 is 6.18 Å². The van der Waals surface area contributed by atoms with Crippen molar-refractivity contribution in [2.75, 3.05) is 0 Å². The zero-order chi connectivity index (χ0) is 15.1. The molecule has 0 radical (unpaired) electrons. The molecule has 2 rings (SSSR count). The second-order valence-electron chi connectivity index (χ2n) is 4.72. The molecular weight excluding hydrogens is 276 g/mol. The van der Waals surface area contributed by atoms with Gasteiger partial charge < -0.3 is 0 Å². The molecule has 7 heteroatoms. The number of fused-ring (bicyclic) bond motifs is 1. The molecule has 20 heavy (non-hydrogen) atoms. The molecule has 0 amide bonds. The summed E-state index contributed by atoms with van der Waals surface area (Å²) >= 11 is 0. The second-order valence-corrected chi connectivity index (χ2v) is 4.72. The van der Waals surface area contributed by atoms with E-state index in [2.05, 4.69) is 4.98 Å². The van der Waals surface area contributed by atoms with E-state index in [-0.39, 0.29) is 22.4 Å². The molecule has 0 aliphatic heterocycles. The maximum Gasteiger partial charge on any atom is 0.439 e. The third kappa shape index (κ3) is 2.39. The number of hydrogen-bond donors (Lipinski definition) is 0. The number of hydrogen-bond acceptors (Lipinski definition) is 2. The highest BCUT2D eigenvalue weighted by atomic mass is 19.4. The van der Waals surface area contributed by atoms with Crippen LogP contribution in [-0.2, 0) is 0 Å². The number of alkyl halides is 4. The molecule has 108 valence electrons. The molecule has 0 unspecified atom stereocenters. The topological polar surface area (TPSA) is 34.9 Å². The molecule has 0 aliphatic rings. The fraction of sp³-hybridized carbons (Fsp3) is 0.385. The highest BCUT2D eigenvalue weighted by molar-refractivity contribution is 6.08. The van der Waals surface area contributed by atoms with Crippen molar-refractivity contribution in [3.8, 4) is 0 Å². The lowest BCUT2D eigenvalue weighted by atomic mass is 10.0. The van der Waals surface area contributed by atoms with Crippen LogP contribution in [0.4, 0.5) is 17.6 Å². The summed E-state index contributed by atoms with van der Waals surface area (Å²) in [4.78, 5) is 15.7. The molecule has 2 heterocycles. The summed E-state index contributed by atoms with van der Waals surface area (Å²) in [7, 11) is 0. The Morgan fingerprint density at radius 2 is 2.00 bits per heavy atom. The van der Waals surface area contributed by atoms with Crippen molar-refractivity contribution in [2.24, 2.45) is 5.92 Å². The molecule has 3 nitrogen and oxygen atoms in total. The fourth-order valence-corrected chi connectivity index (χ4v) is 1.92. The normalized spacial score (nSPS) is 13.9. The van der Waals surface area contributed by atoms with Crippen LogP contribution in [0.15, 0.2) is 24.5 Å². The number of pyridine rings is 1. The Hall–Kier alpha value is -1.92. The Balaban J connectivity index is 2.66. The van der Waals surface area contributed by atoms with Gasteiger partial charge in [0.05, 0.1) is 0 Å². The number of rotatable bonds is 3. The first-order valence-electron chi connectivity index (χ1n) is 5.94. The minimum absolute atomic E-state index is 0.0509. The Bertz CT molecular complexity index is 645. The van der Waals surface area contributed by atoms with Crippen molar-refractivity contribution < 1.29 is 22.4 Å². The number of Topliss-reactive ketones (excluding diaryl/α,β-unsaturated/α-hetero) is 1.